The first-order valence-electron chi connectivity index (χ1n) is 11.6. The minimum Gasteiger partial charge on any atom is -0.394 e. The van der Waals surface area contributed by atoms with Crippen LogP contribution in [0.15, 0.2) is 36.7 Å². The van der Waals surface area contributed by atoms with Crippen LogP contribution in [0.2, 0.25) is 0 Å². The first-order valence-corrected chi connectivity index (χ1v) is 11.6. The Morgan fingerprint density at radius 2 is 1.81 bits per heavy atom. The molecule has 1 atom stereocenters. The van der Waals surface area contributed by atoms with Crippen molar-refractivity contribution in [3.05, 3.63) is 42.2 Å². The molecule has 3 aliphatic rings. The number of fused-ring (bicyclic) bond motifs is 1. The van der Waals surface area contributed by atoms with E-state index in [1.807, 2.05) is 23.1 Å². The van der Waals surface area contributed by atoms with Gasteiger partial charge in [-0.25, -0.2) is 9.97 Å². The van der Waals surface area contributed by atoms with Gasteiger partial charge in [-0.05, 0) is 50.2 Å². The molecule has 2 fully saturated rings. The minimum atomic E-state index is 0.0737. The quantitative estimate of drug-likeness (QED) is 0.818. The van der Waals surface area contributed by atoms with E-state index < -0.39 is 0 Å². The summed E-state index contributed by atoms with van der Waals surface area (Å²) in [5.74, 6) is 2.16. The Hall–Kier alpha value is -2.67. The van der Waals surface area contributed by atoms with Crippen molar-refractivity contribution in [2.45, 2.75) is 44.6 Å². The Bertz CT molecular complexity index is 928. The Kier molecular flexibility index (Phi) is 5.76. The molecular weight excluding hydrogens is 390 g/mol. The zero-order valence-electron chi connectivity index (χ0n) is 18.0. The van der Waals surface area contributed by atoms with Crippen LogP contribution in [0.1, 0.15) is 37.7 Å². The highest BCUT2D eigenvalue weighted by Crippen LogP contribution is 2.32. The smallest absolute Gasteiger partial charge is 0.230 e. The number of hydrogen-bond donors (Lipinski definition) is 1. The van der Waals surface area contributed by atoms with Gasteiger partial charge in [0.2, 0.25) is 5.91 Å². The molecule has 164 valence electrons. The van der Waals surface area contributed by atoms with Crippen molar-refractivity contribution < 1.29 is 9.90 Å². The molecule has 1 aromatic carbocycles. The molecule has 1 amide bonds. The van der Waals surface area contributed by atoms with E-state index in [0.29, 0.717) is 0 Å². The molecule has 0 aliphatic carbocycles. The zero-order valence-corrected chi connectivity index (χ0v) is 18.0. The molecule has 31 heavy (non-hydrogen) atoms. The number of piperidine rings is 2. The second-order valence-electron chi connectivity index (χ2n) is 8.89. The molecule has 0 saturated carbocycles. The number of rotatable bonds is 4. The average molecular weight is 422 g/mol. The third-order valence-electron chi connectivity index (χ3n) is 7.09. The molecule has 4 heterocycles. The summed E-state index contributed by atoms with van der Waals surface area (Å²) in [5, 5.41) is 9.74. The van der Waals surface area contributed by atoms with E-state index >= 15 is 0 Å². The van der Waals surface area contributed by atoms with E-state index in [-0.39, 0.29) is 24.5 Å². The minimum absolute atomic E-state index is 0.0737. The number of para-hydroxylation sites is 1. The van der Waals surface area contributed by atoms with E-state index in [1.54, 1.807) is 6.33 Å². The maximum absolute atomic E-state index is 13.2. The van der Waals surface area contributed by atoms with Gasteiger partial charge in [0, 0.05) is 43.9 Å². The van der Waals surface area contributed by atoms with Crippen LogP contribution in [0.4, 0.5) is 17.3 Å². The summed E-state index contributed by atoms with van der Waals surface area (Å²) in [6, 6.07) is 10.5. The summed E-state index contributed by atoms with van der Waals surface area (Å²) in [4.78, 5) is 28.7. The highest BCUT2D eigenvalue weighted by atomic mass is 16.3. The summed E-state index contributed by atoms with van der Waals surface area (Å²) in [7, 11) is 0. The molecule has 2 saturated heterocycles. The number of hydrogen-bond acceptors (Lipinski definition) is 6. The predicted octanol–water partition coefficient (Wildman–Crippen LogP) is 2.63. The molecule has 1 unspecified atom stereocenters. The lowest BCUT2D eigenvalue weighted by molar-refractivity contribution is -0.122. The van der Waals surface area contributed by atoms with E-state index in [0.717, 1.165) is 82.0 Å². The molecule has 5 rings (SSSR count). The van der Waals surface area contributed by atoms with Crippen LogP contribution in [-0.4, -0.2) is 59.8 Å². The van der Waals surface area contributed by atoms with Gasteiger partial charge in [0.05, 0.1) is 12.6 Å². The van der Waals surface area contributed by atoms with Crippen LogP contribution in [0.25, 0.3) is 0 Å². The number of carbonyl (C=O) groups is 1. The van der Waals surface area contributed by atoms with Crippen LogP contribution in [0.3, 0.4) is 0 Å². The van der Waals surface area contributed by atoms with Gasteiger partial charge in [-0.15, -0.1) is 0 Å². The van der Waals surface area contributed by atoms with Gasteiger partial charge in [-0.3, -0.25) is 4.79 Å². The van der Waals surface area contributed by atoms with Gasteiger partial charge in [-0.1, -0.05) is 18.2 Å². The van der Waals surface area contributed by atoms with Crippen LogP contribution < -0.4 is 14.7 Å². The van der Waals surface area contributed by atoms with Crippen molar-refractivity contribution in [3.8, 4) is 0 Å². The van der Waals surface area contributed by atoms with Gasteiger partial charge in [0.25, 0.3) is 0 Å². The van der Waals surface area contributed by atoms with Crippen LogP contribution >= 0.6 is 0 Å². The second-order valence-corrected chi connectivity index (χ2v) is 8.89. The van der Waals surface area contributed by atoms with Gasteiger partial charge >= 0.3 is 0 Å². The van der Waals surface area contributed by atoms with Crippen molar-refractivity contribution in [1.82, 2.24) is 9.97 Å². The number of aliphatic hydroxyl groups excluding tert-OH is 1. The molecule has 0 bridgehead atoms. The van der Waals surface area contributed by atoms with Crippen LogP contribution in [0.5, 0.6) is 0 Å². The van der Waals surface area contributed by atoms with E-state index in [4.69, 9.17) is 0 Å². The molecule has 3 aliphatic heterocycles. The molecule has 0 spiro atoms. The summed E-state index contributed by atoms with van der Waals surface area (Å²) in [6.45, 7) is 3.54. The molecule has 1 aromatic heterocycles. The summed E-state index contributed by atoms with van der Waals surface area (Å²) < 4.78 is 0. The van der Waals surface area contributed by atoms with Crippen molar-refractivity contribution >= 4 is 23.2 Å². The normalized spacial score (nSPS) is 22.0. The average Bonchev–Trinajstić information content (AvgIpc) is 3.28. The van der Waals surface area contributed by atoms with Crippen molar-refractivity contribution in [1.29, 1.82) is 0 Å². The van der Waals surface area contributed by atoms with E-state index in [2.05, 4.69) is 31.9 Å². The number of aliphatic hydroxyl groups is 1. The molecule has 1 N–H and O–H groups in total. The van der Waals surface area contributed by atoms with Gasteiger partial charge in [0.1, 0.15) is 18.0 Å². The van der Waals surface area contributed by atoms with Crippen LogP contribution in [-0.2, 0) is 11.2 Å². The molecule has 7 heteroatoms. The maximum Gasteiger partial charge on any atom is 0.230 e. The number of benzene rings is 1. The van der Waals surface area contributed by atoms with Crippen molar-refractivity contribution in [2.24, 2.45) is 5.92 Å². The Morgan fingerprint density at radius 1 is 1.00 bits per heavy atom. The summed E-state index contributed by atoms with van der Waals surface area (Å²) >= 11 is 0. The largest absolute Gasteiger partial charge is 0.394 e. The Morgan fingerprint density at radius 3 is 2.65 bits per heavy atom. The van der Waals surface area contributed by atoms with Gasteiger partial charge in [-0.2, -0.15) is 0 Å². The summed E-state index contributed by atoms with van der Waals surface area (Å²) in [6.07, 6.45) is 7.57. The zero-order chi connectivity index (χ0) is 21.2. The van der Waals surface area contributed by atoms with E-state index in [1.165, 1.54) is 5.56 Å². The Labute approximate surface area is 183 Å². The highest BCUT2D eigenvalue weighted by Gasteiger charge is 2.33. The number of aromatic nitrogens is 2. The second kappa shape index (κ2) is 8.83. The number of nitrogens with zero attached hydrogens (tertiary/aromatic N) is 5. The molecular formula is C24H31N5O2. The van der Waals surface area contributed by atoms with Crippen LogP contribution in [0, 0.1) is 5.92 Å². The number of amides is 1. The monoisotopic (exact) mass is 421 g/mol. The lowest BCUT2D eigenvalue weighted by Crippen LogP contribution is -2.43. The first-order chi connectivity index (χ1) is 15.2. The van der Waals surface area contributed by atoms with Crippen molar-refractivity contribution in [2.75, 3.05) is 47.5 Å². The van der Waals surface area contributed by atoms with Crippen molar-refractivity contribution in [3.63, 3.8) is 0 Å². The maximum atomic E-state index is 13.2. The topological polar surface area (TPSA) is 72.8 Å². The Balaban J connectivity index is 1.23. The fourth-order valence-corrected chi connectivity index (χ4v) is 5.30. The fourth-order valence-electron chi connectivity index (χ4n) is 5.30. The fraction of sp³-hybridized carbons (Fsp3) is 0.542. The van der Waals surface area contributed by atoms with Gasteiger partial charge < -0.3 is 19.8 Å². The highest BCUT2D eigenvalue weighted by molar-refractivity contribution is 5.97. The SMILES string of the molecule is O=C(C1CCN(c2cc(N3CCCCC3CO)ncn2)CC1)N1CCc2ccccc21. The number of carbonyl (C=O) groups excluding carboxylic acids is 1. The van der Waals surface area contributed by atoms with E-state index in [9.17, 15) is 9.90 Å². The first kappa shape index (κ1) is 20.2. The number of anilines is 3. The third-order valence-corrected chi connectivity index (χ3v) is 7.09. The standard InChI is InChI=1S/C24H31N5O2/c30-16-20-6-3-4-11-28(20)23-15-22(25-17-26-23)27-12-8-19(9-13-27)24(31)29-14-10-18-5-1-2-7-21(18)29/h1-2,5,7,15,17,19-20,30H,3-4,6,8-14,16H2. The predicted molar refractivity (Wildman–Crippen MR) is 122 cm³/mol. The lowest BCUT2D eigenvalue weighted by Gasteiger charge is -2.37. The molecule has 7 nitrogen and oxygen atoms in total. The summed E-state index contributed by atoms with van der Waals surface area (Å²) in [5.41, 5.74) is 2.37. The molecule has 0 radical (unpaired) electrons. The third kappa shape index (κ3) is 3.99. The van der Waals surface area contributed by atoms with Gasteiger partial charge in [0.15, 0.2) is 0 Å². The lowest BCUT2D eigenvalue weighted by atomic mass is 9.95. The molecule has 2 aromatic rings.